The lowest BCUT2D eigenvalue weighted by Crippen LogP contribution is -2.44. The smallest absolute Gasteiger partial charge is 0.236 e. The number of benzene rings is 1. The van der Waals surface area contributed by atoms with Crippen molar-refractivity contribution in [3.63, 3.8) is 0 Å². The van der Waals surface area contributed by atoms with Gasteiger partial charge in [0.25, 0.3) is 0 Å². The second-order valence-corrected chi connectivity index (χ2v) is 8.45. The maximum absolute atomic E-state index is 13.3. The molecule has 6 nitrogen and oxygen atoms in total. The first-order chi connectivity index (χ1) is 12.7. The van der Waals surface area contributed by atoms with Crippen LogP contribution in [0, 0.1) is 16.6 Å². The van der Waals surface area contributed by atoms with Crippen molar-refractivity contribution in [3.05, 3.63) is 47.5 Å². The third-order valence-corrected chi connectivity index (χ3v) is 5.71. The third kappa shape index (κ3) is 3.01. The SMILES string of the molecule is CC1(C)Cc2c(cnn2-c2ccc(F)cc2)[C@@H](NC(=O)C2(C(N)=O)CC2)C1. The number of nitrogens with zero attached hydrogens (tertiary/aromatic N) is 2. The molecule has 2 aliphatic carbocycles. The van der Waals surface area contributed by atoms with E-state index >= 15 is 0 Å². The van der Waals surface area contributed by atoms with Crippen LogP contribution in [0.5, 0.6) is 0 Å². The highest BCUT2D eigenvalue weighted by Crippen LogP contribution is 2.47. The minimum absolute atomic E-state index is 0.0633. The maximum atomic E-state index is 13.3. The highest BCUT2D eigenvalue weighted by Gasteiger charge is 2.56. The summed E-state index contributed by atoms with van der Waals surface area (Å²) in [4.78, 5) is 24.4. The van der Waals surface area contributed by atoms with Crippen LogP contribution in [0.1, 0.15) is 50.4 Å². The average Bonchev–Trinajstić information content (AvgIpc) is 3.31. The molecule has 27 heavy (non-hydrogen) atoms. The normalized spacial score (nSPS) is 22.0. The summed E-state index contributed by atoms with van der Waals surface area (Å²) in [7, 11) is 0. The Hall–Kier alpha value is -2.70. The molecule has 1 saturated carbocycles. The lowest BCUT2D eigenvalue weighted by molar-refractivity contribution is -0.136. The van der Waals surface area contributed by atoms with Gasteiger partial charge in [-0.3, -0.25) is 9.59 Å². The third-order valence-electron chi connectivity index (χ3n) is 5.71. The summed E-state index contributed by atoms with van der Waals surface area (Å²) >= 11 is 0. The van der Waals surface area contributed by atoms with Crippen molar-refractivity contribution < 1.29 is 14.0 Å². The van der Waals surface area contributed by atoms with E-state index in [0.717, 1.165) is 29.8 Å². The lowest BCUT2D eigenvalue weighted by Gasteiger charge is -2.36. The van der Waals surface area contributed by atoms with Crippen molar-refractivity contribution in [3.8, 4) is 5.69 Å². The lowest BCUT2D eigenvalue weighted by atomic mass is 9.74. The predicted octanol–water partition coefficient (Wildman–Crippen LogP) is 2.41. The Bertz CT molecular complexity index is 913. The van der Waals surface area contributed by atoms with Gasteiger partial charge < -0.3 is 11.1 Å². The van der Waals surface area contributed by atoms with Crippen LogP contribution < -0.4 is 11.1 Å². The van der Waals surface area contributed by atoms with E-state index in [9.17, 15) is 14.0 Å². The number of nitrogens with one attached hydrogen (secondary N) is 1. The molecular formula is C20H23FN4O2. The zero-order valence-electron chi connectivity index (χ0n) is 15.5. The van der Waals surface area contributed by atoms with E-state index in [2.05, 4.69) is 24.3 Å². The van der Waals surface area contributed by atoms with E-state index in [1.807, 2.05) is 0 Å². The summed E-state index contributed by atoms with van der Waals surface area (Å²) < 4.78 is 15.1. The number of amides is 2. The molecule has 0 saturated heterocycles. The Balaban J connectivity index is 1.67. The van der Waals surface area contributed by atoms with Gasteiger partial charge in [0.05, 0.1) is 23.6 Å². The van der Waals surface area contributed by atoms with Crippen molar-refractivity contribution in [1.82, 2.24) is 15.1 Å². The fraction of sp³-hybridized carbons (Fsp3) is 0.450. The van der Waals surface area contributed by atoms with Crippen LogP contribution in [0.2, 0.25) is 0 Å². The van der Waals surface area contributed by atoms with Crippen LogP contribution in [-0.2, 0) is 16.0 Å². The Morgan fingerprint density at radius 1 is 1.26 bits per heavy atom. The van der Waals surface area contributed by atoms with E-state index < -0.39 is 11.3 Å². The number of hydrogen-bond acceptors (Lipinski definition) is 3. The second-order valence-electron chi connectivity index (χ2n) is 8.45. The maximum Gasteiger partial charge on any atom is 0.236 e. The van der Waals surface area contributed by atoms with Crippen molar-refractivity contribution in [2.45, 2.75) is 45.6 Å². The van der Waals surface area contributed by atoms with Gasteiger partial charge in [-0.15, -0.1) is 0 Å². The molecule has 2 aromatic rings. The summed E-state index contributed by atoms with van der Waals surface area (Å²) in [6, 6.07) is 5.94. The van der Waals surface area contributed by atoms with Crippen LogP contribution >= 0.6 is 0 Å². The zero-order chi connectivity index (χ0) is 19.4. The Kier molecular flexibility index (Phi) is 3.87. The Morgan fingerprint density at radius 2 is 1.93 bits per heavy atom. The molecule has 1 fully saturated rings. The second kappa shape index (κ2) is 5.90. The molecule has 0 spiro atoms. The fourth-order valence-corrected chi connectivity index (χ4v) is 3.98. The van der Waals surface area contributed by atoms with Gasteiger partial charge in [0.2, 0.25) is 11.8 Å². The number of nitrogens with two attached hydrogens (primary N) is 1. The van der Waals surface area contributed by atoms with Gasteiger partial charge in [0.15, 0.2) is 0 Å². The predicted molar refractivity (Wildman–Crippen MR) is 97.4 cm³/mol. The van der Waals surface area contributed by atoms with Gasteiger partial charge >= 0.3 is 0 Å². The van der Waals surface area contributed by atoms with E-state index in [4.69, 9.17) is 5.73 Å². The summed E-state index contributed by atoms with van der Waals surface area (Å²) in [5.74, 6) is -1.15. The van der Waals surface area contributed by atoms with E-state index in [-0.39, 0.29) is 23.2 Å². The number of rotatable bonds is 4. The van der Waals surface area contributed by atoms with Crippen molar-refractivity contribution >= 4 is 11.8 Å². The van der Waals surface area contributed by atoms with E-state index in [1.54, 1.807) is 23.0 Å². The zero-order valence-corrected chi connectivity index (χ0v) is 15.5. The number of halogens is 1. The number of carbonyl (C=O) groups excluding carboxylic acids is 2. The first-order valence-electron chi connectivity index (χ1n) is 9.15. The molecule has 0 aliphatic heterocycles. The minimum Gasteiger partial charge on any atom is -0.369 e. The highest BCUT2D eigenvalue weighted by atomic mass is 19.1. The molecule has 1 atom stereocenters. The van der Waals surface area contributed by atoms with Crippen molar-refractivity contribution in [2.24, 2.45) is 16.6 Å². The van der Waals surface area contributed by atoms with Gasteiger partial charge in [0, 0.05) is 5.56 Å². The summed E-state index contributed by atoms with van der Waals surface area (Å²) in [6.45, 7) is 4.27. The van der Waals surface area contributed by atoms with Crippen LogP contribution in [0.15, 0.2) is 30.5 Å². The van der Waals surface area contributed by atoms with Gasteiger partial charge in [-0.25, -0.2) is 9.07 Å². The molecule has 2 aliphatic rings. The molecule has 7 heteroatoms. The average molecular weight is 370 g/mol. The Labute approximate surface area is 156 Å². The molecule has 2 amide bonds. The van der Waals surface area contributed by atoms with Crippen LogP contribution in [-0.4, -0.2) is 21.6 Å². The number of carbonyl (C=O) groups is 2. The van der Waals surface area contributed by atoms with Gasteiger partial charge in [0.1, 0.15) is 11.2 Å². The Morgan fingerprint density at radius 3 is 2.52 bits per heavy atom. The quantitative estimate of drug-likeness (QED) is 0.810. The molecule has 1 aromatic heterocycles. The first kappa shape index (κ1) is 17.7. The molecular weight excluding hydrogens is 347 g/mol. The van der Waals surface area contributed by atoms with Crippen LogP contribution in [0.25, 0.3) is 5.69 Å². The highest BCUT2D eigenvalue weighted by molar-refractivity contribution is 6.07. The van der Waals surface area contributed by atoms with E-state index in [0.29, 0.717) is 12.8 Å². The number of primary amides is 1. The van der Waals surface area contributed by atoms with Crippen LogP contribution in [0.3, 0.4) is 0 Å². The molecule has 142 valence electrons. The number of fused-ring (bicyclic) bond motifs is 1. The van der Waals surface area contributed by atoms with Crippen molar-refractivity contribution in [2.75, 3.05) is 0 Å². The van der Waals surface area contributed by atoms with Gasteiger partial charge in [-0.2, -0.15) is 5.10 Å². The molecule has 0 bridgehead atoms. The fourth-order valence-electron chi connectivity index (χ4n) is 3.98. The van der Waals surface area contributed by atoms with Gasteiger partial charge in [-0.05, 0) is 55.4 Å². The molecule has 0 radical (unpaired) electrons. The first-order valence-corrected chi connectivity index (χ1v) is 9.15. The summed E-state index contributed by atoms with van der Waals surface area (Å²) in [5.41, 5.74) is 7.03. The number of aromatic nitrogens is 2. The minimum atomic E-state index is -1.05. The monoisotopic (exact) mass is 370 g/mol. The summed E-state index contributed by atoms with van der Waals surface area (Å²) in [6.07, 6.45) is 4.30. The molecule has 1 heterocycles. The van der Waals surface area contributed by atoms with Gasteiger partial charge in [-0.1, -0.05) is 13.8 Å². The largest absolute Gasteiger partial charge is 0.369 e. The number of hydrogen-bond donors (Lipinski definition) is 2. The topological polar surface area (TPSA) is 90.0 Å². The standard InChI is InChI=1S/C20H23FN4O2/c1-19(2)9-15(24-18(27)20(7-8-20)17(22)26)14-11-23-25(16(14)10-19)13-5-3-12(21)4-6-13/h3-6,11,15H,7-10H2,1-2H3,(H2,22,26)(H,24,27)/t15-/m0/s1. The van der Waals surface area contributed by atoms with E-state index in [1.165, 1.54) is 12.1 Å². The molecule has 4 rings (SSSR count). The van der Waals surface area contributed by atoms with Crippen molar-refractivity contribution in [1.29, 1.82) is 0 Å². The molecule has 1 aromatic carbocycles. The molecule has 3 N–H and O–H groups in total. The summed E-state index contributed by atoms with van der Waals surface area (Å²) in [5, 5.41) is 7.52. The van der Waals surface area contributed by atoms with Crippen LogP contribution in [0.4, 0.5) is 4.39 Å². The molecule has 0 unspecified atom stereocenters.